The van der Waals surface area contributed by atoms with Crippen molar-refractivity contribution in [3.8, 4) is 0 Å². The highest BCUT2D eigenvalue weighted by Crippen LogP contribution is 2.37. The van der Waals surface area contributed by atoms with Crippen molar-refractivity contribution in [3.63, 3.8) is 0 Å². The Morgan fingerprint density at radius 2 is 2.00 bits per heavy atom. The van der Waals surface area contributed by atoms with Gasteiger partial charge in [-0.2, -0.15) is 0 Å². The number of amides is 1. The molecule has 2 N–H and O–H groups in total. The fraction of sp³-hybridized carbons (Fsp3) is 0.429. The summed E-state index contributed by atoms with van der Waals surface area (Å²) in [5.41, 5.74) is 3.11. The largest absolute Gasteiger partial charge is 0.314 e. The Kier molecular flexibility index (Phi) is 6.87. The van der Waals surface area contributed by atoms with E-state index in [0.29, 0.717) is 36.3 Å². The average molecular weight is 523 g/mol. The minimum absolute atomic E-state index is 0.159. The number of ketones is 1. The van der Waals surface area contributed by atoms with Gasteiger partial charge in [0.2, 0.25) is 5.95 Å². The van der Waals surface area contributed by atoms with Gasteiger partial charge in [0.15, 0.2) is 5.78 Å². The molecule has 38 heavy (non-hydrogen) atoms. The number of benzene rings is 1. The Bertz CT molecular complexity index is 1400. The van der Waals surface area contributed by atoms with Gasteiger partial charge in [0.1, 0.15) is 5.54 Å². The van der Waals surface area contributed by atoms with Crippen molar-refractivity contribution in [3.05, 3.63) is 65.5 Å². The molecule has 0 saturated carbocycles. The van der Waals surface area contributed by atoms with Gasteiger partial charge in [0, 0.05) is 30.5 Å². The minimum Gasteiger partial charge on any atom is -0.314 e. The summed E-state index contributed by atoms with van der Waals surface area (Å²) in [7, 11) is 0. The topological polar surface area (TPSA) is 92.1 Å². The number of rotatable bonds is 7. The Hall–Kier alpha value is -3.50. The van der Waals surface area contributed by atoms with E-state index < -0.39 is 11.5 Å². The number of aryl methyl sites for hydroxylation is 2. The van der Waals surface area contributed by atoms with E-state index in [1.165, 1.54) is 6.08 Å². The van der Waals surface area contributed by atoms with Crippen LogP contribution in [0, 0.1) is 13.8 Å². The van der Waals surface area contributed by atoms with Crippen molar-refractivity contribution in [1.29, 1.82) is 0 Å². The van der Waals surface area contributed by atoms with Crippen molar-refractivity contribution < 1.29 is 18.4 Å². The normalized spacial score (nSPS) is 21.5. The van der Waals surface area contributed by atoms with Gasteiger partial charge in [0.05, 0.1) is 24.1 Å². The smallest absolute Gasteiger partial charge is 0.272 e. The number of halogens is 2. The summed E-state index contributed by atoms with van der Waals surface area (Å²) in [6.07, 6.45) is 5.19. The third kappa shape index (κ3) is 4.86. The third-order valence-corrected chi connectivity index (χ3v) is 7.39. The first-order valence-electron chi connectivity index (χ1n) is 12.9. The fourth-order valence-electron chi connectivity index (χ4n) is 5.66. The lowest BCUT2D eigenvalue weighted by molar-refractivity contribution is -0.133. The van der Waals surface area contributed by atoms with E-state index >= 15 is 0 Å². The van der Waals surface area contributed by atoms with Crippen LogP contribution >= 0.6 is 0 Å². The molecule has 0 radical (unpaired) electrons. The van der Waals surface area contributed by atoms with E-state index in [9.17, 15) is 18.4 Å². The number of aromatic nitrogens is 3. The summed E-state index contributed by atoms with van der Waals surface area (Å²) < 4.78 is 28.7. The number of hydrogen-bond donors (Lipinski definition) is 2. The van der Waals surface area contributed by atoms with Gasteiger partial charge in [-0.1, -0.05) is 12.6 Å². The van der Waals surface area contributed by atoms with Gasteiger partial charge < -0.3 is 5.32 Å². The van der Waals surface area contributed by atoms with Crippen LogP contribution in [0.5, 0.6) is 0 Å². The van der Waals surface area contributed by atoms with Gasteiger partial charge in [-0.25, -0.2) is 13.8 Å². The monoisotopic (exact) mass is 522 g/mol. The molecule has 0 spiro atoms. The molecular weight excluding hydrogens is 490 g/mol. The highest BCUT2D eigenvalue weighted by molar-refractivity contribution is 6.05. The van der Waals surface area contributed by atoms with Gasteiger partial charge in [-0.15, -0.1) is 0 Å². The molecule has 10 heteroatoms. The van der Waals surface area contributed by atoms with Crippen LogP contribution in [0.4, 0.5) is 14.7 Å². The molecule has 2 aliphatic rings. The second kappa shape index (κ2) is 9.99. The Balaban J connectivity index is 1.64. The number of anilines is 1. The summed E-state index contributed by atoms with van der Waals surface area (Å²) >= 11 is 0. The Morgan fingerprint density at radius 1 is 1.21 bits per heavy atom. The number of alkyl halides is 2. The summed E-state index contributed by atoms with van der Waals surface area (Å²) in [4.78, 5) is 37.5. The number of carbonyl (C=O) groups excluding carboxylic acids is 2. The first-order chi connectivity index (χ1) is 18.1. The van der Waals surface area contributed by atoms with E-state index in [4.69, 9.17) is 4.98 Å². The Labute approximate surface area is 220 Å². The van der Waals surface area contributed by atoms with Crippen LogP contribution in [0.1, 0.15) is 46.4 Å². The standard InChI is InChI=1S/C28H32F2N6O2/c1-4-23(37)27(8-5-6-9-31-15-27)36-24-18(2)11-20(14-35-16-28(29,30)17-35)13-22(24)33-26(36)34-25(38)21-7-10-32-19(3)12-21/h4,7,10-13,31H,1,5-6,8-9,14-17H2,2-3H3,(H,33,34,38)/t27-/m1/s1. The second-order valence-corrected chi connectivity index (χ2v) is 10.4. The molecule has 1 amide bonds. The number of allylic oxidation sites excluding steroid dienone is 1. The number of pyridine rings is 1. The number of carbonyl (C=O) groups is 2. The van der Waals surface area contributed by atoms with Gasteiger partial charge in [0.25, 0.3) is 11.8 Å². The maximum absolute atomic E-state index is 13.6. The van der Waals surface area contributed by atoms with Crippen molar-refractivity contribution in [1.82, 2.24) is 24.8 Å². The molecule has 1 atom stereocenters. The molecule has 2 saturated heterocycles. The van der Waals surface area contributed by atoms with Crippen LogP contribution in [0.2, 0.25) is 0 Å². The van der Waals surface area contributed by atoms with Gasteiger partial charge in [-0.05, 0) is 75.1 Å². The zero-order valence-electron chi connectivity index (χ0n) is 21.7. The lowest BCUT2D eigenvalue weighted by Gasteiger charge is -2.38. The zero-order chi connectivity index (χ0) is 27.1. The number of likely N-dealkylation sites (tertiary alicyclic amines) is 1. The molecule has 1 aromatic carbocycles. The maximum atomic E-state index is 13.6. The summed E-state index contributed by atoms with van der Waals surface area (Å²) in [6.45, 7) is 8.47. The zero-order valence-corrected chi connectivity index (χ0v) is 21.7. The molecule has 0 bridgehead atoms. The van der Waals surface area contributed by atoms with E-state index in [1.54, 1.807) is 30.2 Å². The number of nitrogens with one attached hydrogen (secondary N) is 2. The lowest BCUT2D eigenvalue weighted by atomic mass is 9.87. The SMILES string of the molecule is C=CC(=O)[C@@]1(n2c(NC(=O)c3ccnc(C)c3)nc3cc(CN4CC(F)(F)C4)cc(C)c32)CCCCNC1. The minimum atomic E-state index is -2.65. The lowest BCUT2D eigenvalue weighted by Crippen LogP contribution is -2.55. The predicted molar refractivity (Wildman–Crippen MR) is 142 cm³/mol. The summed E-state index contributed by atoms with van der Waals surface area (Å²) in [6, 6.07) is 7.12. The van der Waals surface area contributed by atoms with E-state index in [-0.39, 0.29) is 30.7 Å². The van der Waals surface area contributed by atoms with Crippen molar-refractivity contribution in [2.75, 3.05) is 31.5 Å². The van der Waals surface area contributed by atoms with E-state index in [2.05, 4.69) is 22.2 Å². The number of fused-ring (bicyclic) bond motifs is 1. The third-order valence-electron chi connectivity index (χ3n) is 7.39. The summed E-state index contributed by atoms with van der Waals surface area (Å²) in [5.74, 6) is -2.91. The summed E-state index contributed by atoms with van der Waals surface area (Å²) in [5, 5.41) is 6.34. The van der Waals surface area contributed by atoms with Crippen LogP contribution in [0.25, 0.3) is 11.0 Å². The molecule has 8 nitrogen and oxygen atoms in total. The predicted octanol–water partition coefficient (Wildman–Crippen LogP) is 3.98. The quantitative estimate of drug-likeness (QED) is 0.456. The molecule has 2 aromatic heterocycles. The molecule has 5 rings (SSSR count). The van der Waals surface area contributed by atoms with E-state index in [0.717, 1.165) is 36.0 Å². The van der Waals surface area contributed by atoms with Crippen LogP contribution in [0.3, 0.4) is 0 Å². The fourth-order valence-corrected chi connectivity index (χ4v) is 5.66. The molecule has 3 aromatic rings. The van der Waals surface area contributed by atoms with E-state index in [1.807, 2.05) is 23.6 Å². The number of imidazole rings is 1. The first-order valence-corrected chi connectivity index (χ1v) is 12.9. The number of hydrogen-bond acceptors (Lipinski definition) is 6. The van der Waals surface area contributed by atoms with Crippen LogP contribution in [0.15, 0.2) is 43.1 Å². The molecule has 200 valence electrons. The van der Waals surface area contributed by atoms with Crippen LogP contribution < -0.4 is 10.6 Å². The highest BCUT2D eigenvalue weighted by Gasteiger charge is 2.44. The van der Waals surface area contributed by atoms with Crippen LogP contribution in [-0.4, -0.2) is 63.2 Å². The molecule has 0 aliphatic carbocycles. The van der Waals surface area contributed by atoms with Crippen molar-refractivity contribution in [2.45, 2.75) is 51.1 Å². The Morgan fingerprint density at radius 3 is 2.71 bits per heavy atom. The molecule has 2 fully saturated rings. The second-order valence-electron chi connectivity index (χ2n) is 10.4. The molecule has 0 unspecified atom stereocenters. The van der Waals surface area contributed by atoms with Crippen molar-refractivity contribution in [2.24, 2.45) is 0 Å². The van der Waals surface area contributed by atoms with Gasteiger partial charge >= 0.3 is 0 Å². The van der Waals surface area contributed by atoms with Crippen molar-refractivity contribution >= 4 is 28.7 Å². The first kappa shape index (κ1) is 26.1. The average Bonchev–Trinajstić information content (AvgIpc) is 3.04. The van der Waals surface area contributed by atoms with Gasteiger partial charge in [-0.3, -0.25) is 29.4 Å². The molecular formula is C28H32F2N6O2. The van der Waals surface area contributed by atoms with Crippen LogP contribution in [-0.2, 0) is 16.9 Å². The maximum Gasteiger partial charge on any atom is 0.272 e. The number of nitrogens with zero attached hydrogens (tertiary/aromatic N) is 4. The molecule has 2 aliphatic heterocycles. The highest BCUT2D eigenvalue weighted by atomic mass is 19.3. The molecule has 4 heterocycles.